The van der Waals surface area contributed by atoms with Crippen LogP contribution < -0.4 is 0 Å². The summed E-state index contributed by atoms with van der Waals surface area (Å²) in [5.74, 6) is 2.30. The molecule has 0 radical (unpaired) electrons. The van der Waals surface area contributed by atoms with Gasteiger partial charge in [0.05, 0.1) is 12.9 Å². The van der Waals surface area contributed by atoms with Crippen LogP contribution in [0.25, 0.3) is 0 Å². The third kappa shape index (κ3) is 5.10. The molecule has 0 aliphatic carbocycles. The lowest BCUT2D eigenvalue weighted by atomic mass is 10.7. The maximum absolute atomic E-state index is 4.85. The van der Waals surface area contributed by atoms with Crippen molar-refractivity contribution in [3.8, 4) is 12.3 Å². The van der Waals surface area contributed by atoms with E-state index in [1.54, 1.807) is 0 Å². The predicted molar refractivity (Wildman–Crippen MR) is 29.6 cm³/mol. The van der Waals surface area contributed by atoms with Gasteiger partial charge in [0.25, 0.3) is 0 Å². The first-order valence-electron chi connectivity index (χ1n) is 2.14. The van der Waals surface area contributed by atoms with Gasteiger partial charge in [-0.2, -0.15) is 0 Å². The largest absolute Gasteiger partial charge is 0.501 e. The van der Waals surface area contributed by atoms with Crippen molar-refractivity contribution in [3.05, 3.63) is 12.3 Å². The van der Waals surface area contributed by atoms with Gasteiger partial charge in [0, 0.05) is 6.08 Å². The fourth-order valence-corrected chi connectivity index (χ4v) is 0.184. The fourth-order valence-electron chi connectivity index (χ4n) is 0.184. The molecule has 0 aliphatic rings. The van der Waals surface area contributed by atoms with E-state index in [1.807, 2.05) is 6.92 Å². The first-order chi connectivity index (χ1) is 3.41. The molecule has 0 N–H and O–H groups in total. The lowest BCUT2D eigenvalue weighted by Gasteiger charge is -1.86. The van der Waals surface area contributed by atoms with Gasteiger partial charge in [-0.05, 0) is 6.92 Å². The van der Waals surface area contributed by atoms with Gasteiger partial charge in [-0.25, -0.2) is 0 Å². The average molecular weight is 96.1 g/mol. The molecular weight excluding hydrogens is 88.1 g/mol. The van der Waals surface area contributed by atoms with Crippen LogP contribution in [0.2, 0.25) is 0 Å². The monoisotopic (exact) mass is 96.1 g/mol. The Kier molecular flexibility index (Phi) is 4.44. The summed E-state index contributed by atoms with van der Waals surface area (Å²) in [6.45, 7) is 2.58. The minimum atomic E-state index is 0.679. The van der Waals surface area contributed by atoms with Gasteiger partial charge in [-0.1, -0.05) is 5.92 Å². The number of hydrogen-bond donors (Lipinski definition) is 0. The number of hydrogen-bond acceptors (Lipinski definition) is 1. The van der Waals surface area contributed by atoms with Crippen LogP contribution in [0.5, 0.6) is 0 Å². The molecule has 0 fully saturated rings. The van der Waals surface area contributed by atoms with E-state index in [4.69, 9.17) is 11.2 Å². The van der Waals surface area contributed by atoms with Crippen molar-refractivity contribution >= 4 is 0 Å². The predicted octanol–water partition coefficient (Wildman–Crippen LogP) is 1.17. The molecule has 0 saturated carbocycles. The first-order valence-corrected chi connectivity index (χ1v) is 2.14. The van der Waals surface area contributed by atoms with Crippen molar-refractivity contribution in [2.75, 3.05) is 6.61 Å². The van der Waals surface area contributed by atoms with Crippen LogP contribution in [0.1, 0.15) is 6.92 Å². The highest BCUT2D eigenvalue weighted by Gasteiger charge is 1.61. The van der Waals surface area contributed by atoms with Crippen LogP contribution in [0.15, 0.2) is 12.3 Å². The molecule has 38 valence electrons. The standard InChI is InChI=1S/C6H8O/c1-3-5-6-7-4-2/h1,5-6H,4H2,2H3/b6-5+. The van der Waals surface area contributed by atoms with Gasteiger partial charge in [0.1, 0.15) is 0 Å². The van der Waals surface area contributed by atoms with Crippen LogP contribution >= 0.6 is 0 Å². The van der Waals surface area contributed by atoms with E-state index >= 15 is 0 Å². The zero-order valence-electron chi connectivity index (χ0n) is 4.35. The lowest BCUT2D eigenvalue weighted by Crippen LogP contribution is -1.74. The zero-order chi connectivity index (χ0) is 5.54. The Balaban J connectivity index is 2.97. The number of allylic oxidation sites excluding steroid dienone is 1. The van der Waals surface area contributed by atoms with Crippen LogP contribution in [0.4, 0.5) is 0 Å². The second kappa shape index (κ2) is 5.10. The first kappa shape index (κ1) is 6.10. The molecule has 7 heavy (non-hydrogen) atoms. The number of rotatable bonds is 2. The van der Waals surface area contributed by atoms with E-state index in [0.29, 0.717) is 6.61 Å². The molecule has 0 unspecified atom stereocenters. The van der Waals surface area contributed by atoms with Crippen molar-refractivity contribution in [3.63, 3.8) is 0 Å². The Labute approximate surface area is 44.0 Å². The summed E-state index contributed by atoms with van der Waals surface area (Å²) in [7, 11) is 0. The molecule has 0 aromatic carbocycles. The summed E-state index contributed by atoms with van der Waals surface area (Å²) in [5.41, 5.74) is 0. The lowest BCUT2D eigenvalue weighted by molar-refractivity contribution is 0.269. The van der Waals surface area contributed by atoms with E-state index in [9.17, 15) is 0 Å². The van der Waals surface area contributed by atoms with Gasteiger partial charge >= 0.3 is 0 Å². The Morgan fingerprint density at radius 1 is 1.86 bits per heavy atom. The van der Waals surface area contributed by atoms with E-state index in [0.717, 1.165) is 0 Å². The van der Waals surface area contributed by atoms with E-state index < -0.39 is 0 Å². The highest BCUT2D eigenvalue weighted by atomic mass is 16.5. The molecule has 0 heterocycles. The average Bonchev–Trinajstić information content (AvgIpc) is 1.69. The van der Waals surface area contributed by atoms with Crippen molar-refractivity contribution < 1.29 is 4.74 Å². The summed E-state index contributed by atoms with van der Waals surface area (Å²) in [6.07, 6.45) is 7.87. The van der Waals surface area contributed by atoms with E-state index in [-0.39, 0.29) is 0 Å². The van der Waals surface area contributed by atoms with Gasteiger partial charge < -0.3 is 4.74 Å². The summed E-state index contributed by atoms with van der Waals surface area (Å²) in [6, 6.07) is 0. The van der Waals surface area contributed by atoms with Gasteiger partial charge in [0.2, 0.25) is 0 Å². The summed E-state index contributed by atoms with van der Waals surface area (Å²) >= 11 is 0. The van der Waals surface area contributed by atoms with Crippen LogP contribution in [-0.2, 0) is 4.74 Å². The number of terminal acetylenes is 1. The molecule has 1 nitrogen and oxygen atoms in total. The normalized spacial score (nSPS) is 8.57. The van der Waals surface area contributed by atoms with Gasteiger partial charge in [-0.3, -0.25) is 0 Å². The zero-order valence-corrected chi connectivity index (χ0v) is 4.35. The Morgan fingerprint density at radius 2 is 2.57 bits per heavy atom. The second-order valence-electron chi connectivity index (χ2n) is 0.925. The Hall–Kier alpha value is -0.900. The molecule has 0 bridgehead atoms. The fraction of sp³-hybridized carbons (Fsp3) is 0.333. The highest BCUT2D eigenvalue weighted by Crippen LogP contribution is 1.72. The van der Waals surface area contributed by atoms with Gasteiger partial charge in [-0.15, -0.1) is 6.42 Å². The van der Waals surface area contributed by atoms with Crippen LogP contribution in [0.3, 0.4) is 0 Å². The molecular formula is C6H8O. The summed E-state index contributed by atoms with van der Waals surface area (Å²) in [4.78, 5) is 0. The highest BCUT2D eigenvalue weighted by molar-refractivity contribution is 5.05. The number of ether oxygens (including phenoxy) is 1. The quantitative estimate of drug-likeness (QED) is 0.370. The van der Waals surface area contributed by atoms with Crippen LogP contribution in [0, 0.1) is 12.3 Å². The molecule has 1 heteroatoms. The second-order valence-corrected chi connectivity index (χ2v) is 0.925. The smallest absolute Gasteiger partial charge is 0.0912 e. The topological polar surface area (TPSA) is 9.23 Å². The van der Waals surface area contributed by atoms with Crippen molar-refractivity contribution in [2.24, 2.45) is 0 Å². The third-order valence-corrected chi connectivity index (χ3v) is 0.427. The molecule has 0 aromatic rings. The van der Waals surface area contributed by atoms with Crippen LogP contribution in [-0.4, -0.2) is 6.61 Å². The molecule has 0 saturated heterocycles. The summed E-state index contributed by atoms with van der Waals surface area (Å²) < 4.78 is 4.75. The summed E-state index contributed by atoms with van der Waals surface area (Å²) in [5, 5.41) is 0. The third-order valence-electron chi connectivity index (χ3n) is 0.427. The van der Waals surface area contributed by atoms with Crippen molar-refractivity contribution in [2.45, 2.75) is 6.92 Å². The maximum Gasteiger partial charge on any atom is 0.0912 e. The van der Waals surface area contributed by atoms with E-state index in [2.05, 4.69) is 5.92 Å². The minimum Gasteiger partial charge on any atom is -0.501 e. The van der Waals surface area contributed by atoms with Crippen molar-refractivity contribution in [1.82, 2.24) is 0 Å². The SMILES string of the molecule is C#C/C=C/OCC. The Bertz CT molecular complexity index is 86.8. The molecule has 0 aliphatic heterocycles. The van der Waals surface area contributed by atoms with Crippen molar-refractivity contribution in [1.29, 1.82) is 0 Å². The molecule has 0 atom stereocenters. The molecule has 0 amide bonds. The maximum atomic E-state index is 4.85. The Morgan fingerprint density at radius 3 is 3.00 bits per heavy atom. The molecule has 0 spiro atoms. The van der Waals surface area contributed by atoms with Gasteiger partial charge in [0.15, 0.2) is 0 Å². The molecule has 0 aromatic heterocycles. The molecule has 0 rings (SSSR count). The minimum absolute atomic E-state index is 0.679. The van der Waals surface area contributed by atoms with E-state index in [1.165, 1.54) is 12.3 Å².